The van der Waals surface area contributed by atoms with Gasteiger partial charge in [-0.3, -0.25) is 0 Å². The van der Waals surface area contributed by atoms with Crippen molar-refractivity contribution in [1.29, 1.82) is 0 Å². The minimum Gasteiger partial charge on any atom is -0.475 e. The number of hydrogen-bond donors (Lipinski definition) is 1. The molecule has 0 bridgehead atoms. The van der Waals surface area contributed by atoms with Crippen LogP contribution in [0.5, 0.6) is 5.88 Å². The number of anilines is 1. The fourth-order valence-electron chi connectivity index (χ4n) is 1.36. The predicted molar refractivity (Wildman–Crippen MR) is 71.0 cm³/mol. The number of nitrogens with one attached hydrogen (secondary N) is 1. The number of rotatable bonds is 6. The molecule has 1 heterocycles. The smallest absolute Gasteiger partial charge is 0.226 e. The molecule has 0 spiro atoms. The molecule has 0 aliphatic heterocycles. The zero-order chi connectivity index (χ0) is 12.8. The van der Waals surface area contributed by atoms with Crippen LogP contribution >= 0.6 is 11.6 Å². The maximum absolute atomic E-state index is 5.69. The van der Waals surface area contributed by atoms with Crippen molar-refractivity contribution in [2.75, 3.05) is 11.2 Å². The van der Waals surface area contributed by atoms with Crippen LogP contribution in [0.1, 0.15) is 32.9 Å². The summed E-state index contributed by atoms with van der Waals surface area (Å²) in [4.78, 5) is 8.63. The lowest BCUT2D eigenvalue weighted by Gasteiger charge is -2.14. The normalized spacial score (nSPS) is 12.6. The summed E-state index contributed by atoms with van der Waals surface area (Å²) in [5.74, 6) is 1.82. The molecule has 4 nitrogen and oxygen atoms in total. The summed E-state index contributed by atoms with van der Waals surface area (Å²) in [6.45, 7) is 7.92. The molecular weight excluding hydrogens is 238 g/mol. The Morgan fingerprint density at radius 3 is 2.65 bits per heavy atom. The lowest BCUT2D eigenvalue weighted by atomic mass is 10.3. The van der Waals surface area contributed by atoms with Gasteiger partial charge in [-0.15, -0.1) is 11.6 Å². The monoisotopic (exact) mass is 257 g/mol. The van der Waals surface area contributed by atoms with E-state index in [1.165, 1.54) is 0 Å². The molecule has 0 aromatic carbocycles. The van der Waals surface area contributed by atoms with Crippen LogP contribution in [0.15, 0.2) is 6.07 Å². The standard InChI is InChI=1S/C12H20ClN3O/c1-8(2)17-11-7-10(4)15-12(16-11)14-9(3)5-6-13/h7-9H,5-6H2,1-4H3,(H,14,15,16). The van der Waals surface area contributed by atoms with Crippen molar-refractivity contribution in [2.45, 2.75) is 46.3 Å². The van der Waals surface area contributed by atoms with Crippen LogP contribution in [0.3, 0.4) is 0 Å². The van der Waals surface area contributed by atoms with Gasteiger partial charge in [-0.2, -0.15) is 4.98 Å². The predicted octanol–water partition coefficient (Wildman–Crippen LogP) is 3.00. The average molecular weight is 258 g/mol. The molecule has 1 unspecified atom stereocenters. The maximum Gasteiger partial charge on any atom is 0.226 e. The van der Waals surface area contributed by atoms with Gasteiger partial charge < -0.3 is 10.1 Å². The second-order valence-electron chi connectivity index (χ2n) is 4.36. The summed E-state index contributed by atoms with van der Waals surface area (Å²) in [7, 11) is 0. The number of hydrogen-bond acceptors (Lipinski definition) is 4. The molecule has 17 heavy (non-hydrogen) atoms. The largest absolute Gasteiger partial charge is 0.475 e. The molecule has 1 aromatic rings. The zero-order valence-corrected chi connectivity index (χ0v) is 11.6. The van der Waals surface area contributed by atoms with E-state index in [4.69, 9.17) is 16.3 Å². The van der Waals surface area contributed by atoms with Crippen LogP contribution in [0.25, 0.3) is 0 Å². The quantitative estimate of drug-likeness (QED) is 0.796. The highest BCUT2D eigenvalue weighted by Gasteiger charge is 2.07. The third-order valence-electron chi connectivity index (χ3n) is 2.10. The summed E-state index contributed by atoms with van der Waals surface area (Å²) in [6, 6.07) is 2.08. The van der Waals surface area contributed by atoms with Crippen LogP contribution in [0.4, 0.5) is 5.95 Å². The van der Waals surface area contributed by atoms with Crippen molar-refractivity contribution in [2.24, 2.45) is 0 Å². The molecule has 1 aromatic heterocycles. The van der Waals surface area contributed by atoms with Crippen LogP contribution in [0, 0.1) is 6.92 Å². The first-order valence-electron chi connectivity index (χ1n) is 5.86. The molecule has 0 fully saturated rings. The van der Waals surface area contributed by atoms with Gasteiger partial charge in [0.05, 0.1) is 6.10 Å². The summed E-state index contributed by atoms with van der Waals surface area (Å²) < 4.78 is 5.56. The van der Waals surface area contributed by atoms with E-state index in [2.05, 4.69) is 22.2 Å². The van der Waals surface area contributed by atoms with Crippen molar-refractivity contribution in [3.8, 4) is 5.88 Å². The third kappa shape index (κ3) is 5.22. The Bertz CT molecular complexity index is 358. The molecule has 0 aliphatic rings. The molecule has 0 radical (unpaired) electrons. The maximum atomic E-state index is 5.69. The SMILES string of the molecule is Cc1cc(OC(C)C)nc(NC(C)CCCl)n1. The Kier molecular flexibility index (Phi) is 5.48. The highest BCUT2D eigenvalue weighted by molar-refractivity contribution is 6.17. The Morgan fingerprint density at radius 2 is 2.06 bits per heavy atom. The van der Waals surface area contributed by atoms with Gasteiger partial charge in [0.2, 0.25) is 11.8 Å². The molecule has 0 amide bonds. The first-order valence-corrected chi connectivity index (χ1v) is 6.39. The van der Waals surface area contributed by atoms with E-state index in [0.29, 0.717) is 17.7 Å². The van der Waals surface area contributed by atoms with Gasteiger partial charge in [0.1, 0.15) is 0 Å². The highest BCUT2D eigenvalue weighted by Crippen LogP contribution is 2.14. The van der Waals surface area contributed by atoms with Crippen LogP contribution in [0.2, 0.25) is 0 Å². The Hall–Kier alpha value is -1.03. The van der Waals surface area contributed by atoms with E-state index < -0.39 is 0 Å². The highest BCUT2D eigenvalue weighted by atomic mass is 35.5. The van der Waals surface area contributed by atoms with E-state index >= 15 is 0 Å². The van der Waals surface area contributed by atoms with Crippen molar-refractivity contribution >= 4 is 17.5 Å². The number of ether oxygens (including phenoxy) is 1. The average Bonchev–Trinajstić information content (AvgIpc) is 2.14. The van der Waals surface area contributed by atoms with E-state index in [0.717, 1.165) is 12.1 Å². The topological polar surface area (TPSA) is 47.0 Å². The Morgan fingerprint density at radius 1 is 1.35 bits per heavy atom. The van der Waals surface area contributed by atoms with Gasteiger partial charge in [-0.05, 0) is 34.1 Å². The van der Waals surface area contributed by atoms with Gasteiger partial charge in [0, 0.05) is 23.7 Å². The fourth-order valence-corrected chi connectivity index (χ4v) is 1.69. The van der Waals surface area contributed by atoms with Crippen molar-refractivity contribution in [3.05, 3.63) is 11.8 Å². The van der Waals surface area contributed by atoms with E-state index in [9.17, 15) is 0 Å². The van der Waals surface area contributed by atoms with Crippen LogP contribution < -0.4 is 10.1 Å². The molecule has 0 aliphatic carbocycles. The number of aryl methyl sites for hydroxylation is 1. The summed E-state index contributed by atoms with van der Waals surface area (Å²) in [5.41, 5.74) is 0.885. The van der Waals surface area contributed by atoms with E-state index in [1.54, 1.807) is 0 Å². The molecule has 96 valence electrons. The van der Waals surface area contributed by atoms with Gasteiger partial charge >= 0.3 is 0 Å². The van der Waals surface area contributed by atoms with Crippen molar-refractivity contribution in [3.63, 3.8) is 0 Å². The van der Waals surface area contributed by atoms with E-state index in [-0.39, 0.29) is 12.1 Å². The van der Waals surface area contributed by atoms with Crippen LogP contribution in [-0.2, 0) is 0 Å². The second-order valence-corrected chi connectivity index (χ2v) is 4.74. The second kappa shape index (κ2) is 6.64. The number of halogens is 1. The van der Waals surface area contributed by atoms with E-state index in [1.807, 2.05) is 26.8 Å². The first-order chi connectivity index (χ1) is 8.01. The van der Waals surface area contributed by atoms with Gasteiger partial charge in [-0.25, -0.2) is 4.98 Å². The van der Waals surface area contributed by atoms with Crippen molar-refractivity contribution < 1.29 is 4.74 Å². The molecule has 5 heteroatoms. The lowest BCUT2D eigenvalue weighted by Crippen LogP contribution is -2.18. The summed E-state index contributed by atoms with van der Waals surface area (Å²) >= 11 is 5.69. The molecule has 1 atom stereocenters. The lowest BCUT2D eigenvalue weighted by molar-refractivity contribution is 0.232. The Balaban J connectivity index is 2.74. The minimum absolute atomic E-state index is 0.109. The Labute approximate surface area is 108 Å². The molecule has 0 saturated heterocycles. The van der Waals surface area contributed by atoms with Gasteiger partial charge in [0.25, 0.3) is 0 Å². The number of aromatic nitrogens is 2. The minimum atomic E-state index is 0.109. The van der Waals surface area contributed by atoms with Gasteiger partial charge in [0.15, 0.2) is 0 Å². The number of alkyl halides is 1. The van der Waals surface area contributed by atoms with Crippen LogP contribution in [-0.4, -0.2) is 28.0 Å². The molecular formula is C12H20ClN3O. The fraction of sp³-hybridized carbons (Fsp3) is 0.667. The van der Waals surface area contributed by atoms with Gasteiger partial charge in [-0.1, -0.05) is 0 Å². The zero-order valence-electron chi connectivity index (χ0n) is 10.8. The third-order valence-corrected chi connectivity index (χ3v) is 2.32. The first kappa shape index (κ1) is 14.0. The summed E-state index contributed by atoms with van der Waals surface area (Å²) in [6.07, 6.45) is 0.983. The molecule has 1 rings (SSSR count). The number of nitrogens with zero attached hydrogens (tertiary/aromatic N) is 2. The summed E-state index contributed by atoms with van der Waals surface area (Å²) in [5, 5.41) is 3.21. The molecule has 1 N–H and O–H groups in total. The van der Waals surface area contributed by atoms with Crippen molar-refractivity contribution in [1.82, 2.24) is 9.97 Å². The molecule has 0 saturated carbocycles.